The molecule has 2 aromatic carbocycles. The molecule has 5 rings (SSSR count). The minimum atomic E-state index is -0.552. The van der Waals surface area contributed by atoms with Crippen molar-refractivity contribution in [2.24, 2.45) is 5.73 Å². The van der Waals surface area contributed by atoms with E-state index in [4.69, 9.17) is 5.73 Å². The number of aromatic nitrogens is 3. The van der Waals surface area contributed by atoms with Gasteiger partial charge in [-0.3, -0.25) is 9.69 Å². The molecule has 1 amide bonds. The Balaban J connectivity index is 1.41. The molecule has 0 saturated heterocycles. The van der Waals surface area contributed by atoms with Gasteiger partial charge in [-0.25, -0.2) is 4.39 Å². The summed E-state index contributed by atoms with van der Waals surface area (Å²) in [7, 11) is 0. The van der Waals surface area contributed by atoms with Crippen LogP contribution in [0.25, 0.3) is 16.6 Å². The number of carbonyl (C=O) groups is 1. The Labute approximate surface area is 208 Å². The van der Waals surface area contributed by atoms with Crippen LogP contribution in [0.3, 0.4) is 0 Å². The number of H-pyrrole nitrogens is 1. The highest BCUT2D eigenvalue weighted by molar-refractivity contribution is 6.00. The second-order valence-electron chi connectivity index (χ2n) is 8.78. The van der Waals surface area contributed by atoms with Gasteiger partial charge in [0.1, 0.15) is 17.3 Å². The van der Waals surface area contributed by atoms with Crippen molar-refractivity contribution in [1.29, 1.82) is 0 Å². The molecule has 2 aromatic heterocycles. The van der Waals surface area contributed by atoms with Gasteiger partial charge in [0.25, 0.3) is 5.91 Å². The molecule has 1 aliphatic rings. The molecule has 184 valence electrons. The first kappa shape index (κ1) is 23.5. The fourth-order valence-corrected chi connectivity index (χ4v) is 4.49. The number of hydrogen-bond donors (Lipinski definition) is 4. The Bertz CT molecular complexity index is 1450. The third kappa shape index (κ3) is 4.92. The molecule has 5 N–H and O–H groups in total. The Hall–Kier alpha value is -4.24. The Kier molecular flexibility index (Phi) is 6.64. The molecule has 0 aliphatic carbocycles. The van der Waals surface area contributed by atoms with E-state index in [2.05, 4.69) is 43.5 Å². The van der Waals surface area contributed by atoms with Crippen LogP contribution in [0.4, 0.5) is 27.5 Å². The van der Waals surface area contributed by atoms with Crippen LogP contribution in [0.5, 0.6) is 0 Å². The lowest BCUT2D eigenvalue weighted by atomic mass is 10.0. The molecular weight excluding hydrogens is 457 g/mol. The van der Waals surface area contributed by atoms with Gasteiger partial charge in [0.15, 0.2) is 0 Å². The normalized spacial score (nSPS) is 14.0. The number of rotatable bonds is 8. The van der Waals surface area contributed by atoms with Gasteiger partial charge in [0.2, 0.25) is 5.95 Å². The first-order chi connectivity index (χ1) is 17.5. The summed E-state index contributed by atoms with van der Waals surface area (Å²) in [5.74, 6) is -0.270. The van der Waals surface area contributed by atoms with Crippen molar-refractivity contribution in [3.63, 3.8) is 0 Å². The third-order valence-corrected chi connectivity index (χ3v) is 6.22. The predicted octanol–water partition coefficient (Wildman–Crippen LogP) is 5.18. The van der Waals surface area contributed by atoms with Crippen molar-refractivity contribution in [2.45, 2.75) is 19.8 Å². The summed E-state index contributed by atoms with van der Waals surface area (Å²) < 4.78 is 15.1. The topological polar surface area (TPSA) is 112 Å². The third-order valence-electron chi connectivity index (χ3n) is 6.22. The molecule has 0 saturated carbocycles. The van der Waals surface area contributed by atoms with E-state index in [1.165, 1.54) is 0 Å². The van der Waals surface area contributed by atoms with E-state index in [1.54, 1.807) is 42.6 Å². The van der Waals surface area contributed by atoms with Crippen LogP contribution < -0.4 is 16.4 Å². The first-order valence-corrected chi connectivity index (χ1v) is 12.0. The second-order valence-corrected chi connectivity index (χ2v) is 8.78. The molecule has 1 aliphatic heterocycles. The number of halogens is 1. The van der Waals surface area contributed by atoms with Crippen molar-refractivity contribution in [3.05, 3.63) is 77.7 Å². The molecule has 9 heteroatoms. The molecule has 3 heterocycles. The van der Waals surface area contributed by atoms with Crippen LogP contribution in [0.1, 0.15) is 35.7 Å². The summed E-state index contributed by atoms with van der Waals surface area (Å²) in [6, 6.07) is 13.9. The van der Waals surface area contributed by atoms with E-state index in [0.29, 0.717) is 22.7 Å². The second kappa shape index (κ2) is 10.2. The van der Waals surface area contributed by atoms with Crippen molar-refractivity contribution >= 4 is 45.7 Å². The number of primary amides is 1. The van der Waals surface area contributed by atoms with Gasteiger partial charge < -0.3 is 21.4 Å². The molecule has 36 heavy (non-hydrogen) atoms. The molecule has 0 radical (unpaired) electrons. The van der Waals surface area contributed by atoms with Gasteiger partial charge in [0.05, 0.1) is 22.3 Å². The molecule has 0 unspecified atom stereocenters. The lowest BCUT2D eigenvalue weighted by Crippen LogP contribution is -2.30. The van der Waals surface area contributed by atoms with Crippen LogP contribution >= 0.6 is 0 Å². The summed E-state index contributed by atoms with van der Waals surface area (Å²) >= 11 is 0. The number of carbonyl (C=O) groups excluding carboxylic acids is 1. The number of aromatic amines is 1. The standard InChI is InChI=1S/C27H28FN7O/c1-2-13-35-14-5-6-18(16-35)17-9-10-23(21(28)15-17)32-27-33-25-20(11-12-30-25)26(34-27)31-22-8-4-3-7-19(22)24(29)36/h3-4,6-12,15H,2,5,13-14,16H2,1H3,(H2,29,36)(H3,30,31,32,33,34). The Morgan fingerprint density at radius 3 is 2.81 bits per heavy atom. The van der Waals surface area contributed by atoms with Crippen LogP contribution in [0.15, 0.2) is 60.8 Å². The smallest absolute Gasteiger partial charge is 0.250 e. The van der Waals surface area contributed by atoms with E-state index in [0.717, 1.165) is 49.0 Å². The highest BCUT2D eigenvalue weighted by Gasteiger charge is 2.16. The number of fused-ring (bicyclic) bond motifs is 1. The maximum Gasteiger partial charge on any atom is 0.250 e. The quantitative estimate of drug-likeness (QED) is 0.274. The molecule has 8 nitrogen and oxygen atoms in total. The number of nitrogens with zero attached hydrogens (tertiary/aromatic N) is 3. The summed E-state index contributed by atoms with van der Waals surface area (Å²) in [5, 5.41) is 6.89. The highest BCUT2D eigenvalue weighted by atomic mass is 19.1. The summed E-state index contributed by atoms with van der Waals surface area (Å²) in [5.41, 5.74) is 9.23. The van der Waals surface area contributed by atoms with Gasteiger partial charge in [-0.1, -0.05) is 31.2 Å². The maximum atomic E-state index is 15.1. The first-order valence-electron chi connectivity index (χ1n) is 12.0. The number of hydrogen-bond acceptors (Lipinski definition) is 6. The maximum absolute atomic E-state index is 15.1. The van der Waals surface area contributed by atoms with E-state index in [1.807, 2.05) is 12.1 Å². The number of nitrogens with two attached hydrogens (primary N) is 1. The number of benzene rings is 2. The van der Waals surface area contributed by atoms with E-state index in [-0.39, 0.29) is 17.5 Å². The molecule has 0 bridgehead atoms. The van der Waals surface area contributed by atoms with Crippen molar-refractivity contribution in [2.75, 3.05) is 30.3 Å². The SMILES string of the molecule is CCCN1CCC=C(c2ccc(Nc3nc(Nc4ccccc4C(N)=O)c4cc[nH]c4n3)c(F)c2)C1. The lowest BCUT2D eigenvalue weighted by molar-refractivity contribution is 0.100. The van der Waals surface area contributed by atoms with Gasteiger partial charge >= 0.3 is 0 Å². The van der Waals surface area contributed by atoms with E-state index < -0.39 is 5.91 Å². The van der Waals surface area contributed by atoms with Crippen molar-refractivity contribution in [3.8, 4) is 0 Å². The van der Waals surface area contributed by atoms with E-state index >= 15 is 4.39 Å². The fourth-order valence-electron chi connectivity index (χ4n) is 4.49. The minimum absolute atomic E-state index is 0.210. The van der Waals surface area contributed by atoms with Gasteiger partial charge in [-0.05, 0) is 60.9 Å². The van der Waals surface area contributed by atoms with Crippen LogP contribution in [0.2, 0.25) is 0 Å². The molecule has 0 atom stereocenters. The molecule has 4 aromatic rings. The largest absolute Gasteiger partial charge is 0.366 e. The van der Waals surface area contributed by atoms with Crippen molar-refractivity contribution in [1.82, 2.24) is 19.9 Å². The summed E-state index contributed by atoms with van der Waals surface area (Å²) in [6.07, 6.45) is 6.00. The summed E-state index contributed by atoms with van der Waals surface area (Å²) in [4.78, 5) is 26.3. The molecule has 0 fully saturated rings. The predicted molar refractivity (Wildman–Crippen MR) is 141 cm³/mol. The molecule has 0 spiro atoms. The Morgan fingerprint density at radius 1 is 1.14 bits per heavy atom. The number of nitrogens with one attached hydrogen (secondary N) is 3. The molecular formula is C27H28FN7O. The average Bonchev–Trinajstić information content (AvgIpc) is 3.35. The number of amides is 1. The van der Waals surface area contributed by atoms with Crippen LogP contribution in [-0.2, 0) is 0 Å². The van der Waals surface area contributed by atoms with Gasteiger partial charge in [-0.15, -0.1) is 0 Å². The fraction of sp³-hybridized carbons (Fsp3) is 0.222. The zero-order chi connectivity index (χ0) is 25.1. The zero-order valence-electron chi connectivity index (χ0n) is 20.0. The highest BCUT2D eigenvalue weighted by Crippen LogP contribution is 2.29. The Morgan fingerprint density at radius 2 is 2.00 bits per heavy atom. The van der Waals surface area contributed by atoms with Crippen LogP contribution in [0, 0.1) is 5.82 Å². The lowest BCUT2D eigenvalue weighted by Gasteiger charge is -2.27. The monoisotopic (exact) mass is 485 g/mol. The zero-order valence-corrected chi connectivity index (χ0v) is 20.0. The number of anilines is 4. The average molecular weight is 486 g/mol. The number of para-hydroxylation sites is 1. The van der Waals surface area contributed by atoms with Crippen molar-refractivity contribution < 1.29 is 9.18 Å². The van der Waals surface area contributed by atoms with Gasteiger partial charge in [0, 0.05) is 19.3 Å². The minimum Gasteiger partial charge on any atom is -0.366 e. The van der Waals surface area contributed by atoms with E-state index in [9.17, 15) is 4.79 Å². The van der Waals surface area contributed by atoms with Crippen LogP contribution in [-0.4, -0.2) is 45.4 Å². The summed E-state index contributed by atoms with van der Waals surface area (Å²) in [6.45, 7) is 5.08. The van der Waals surface area contributed by atoms with Gasteiger partial charge in [-0.2, -0.15) is 9.97 Å².